The highest BCUT2D eigenvalue weighted by molar-refractivity contribution is 7.11. The minimum atomic E-state index is -0.832. The molecule has 0 bridgehead atoms. The number of halogens is 2. The highest BCUT2D eigenvalue weighted by Crippen LogP contribution is 2.30. The maximum absolute atomic E-state index is 13.9. The SMILES string of the molecule is CCc1nc(C(NC)c2cccc(F)c2F)sc1C. The van der Waals surface area contributed by atoms with Gasteiger partial charge in [-0.3, -0.25) is 0 Å². The Morgan fingerprint density at radius 3 is 2.68 bits per heavy atom. The van der Waals surface area contributed by atoms with Crippen molar-refractivity contribution in [3.8, 4) is 0 Å². The number of thiazole rings is 1. The summed E-state index contributed by atoms with van der Waals surface area (Å²) in [6.07, 6.45) is 0.838. The fourth-order valence-electron chi connectivity index (χ4n) is 2.06. The molecule has 19 heavy (non-hydrogen) atoms. The molecule has 2 aromatic rings. The summed E-state index contributed by atoms with van der Waals surface area (Å²) in [6, 6.07) is 3.80. The first-order valence-corrected chi connectivity index (χ1v) is 6.97. The third-order valence-electron chi connectivity index (χ3n) is 3.07. The zero-order valence-electron chi connectivity index (χ0n) is 11.1. The van der Waals surface area contributed by atoms with E-state index < -0.39 is 17.7 Å². The number of aryl methyl sites for hydroxylation is 2. The predicted molar refractivity (Wildman–Crippen MR) is 73.5 cm³/mol. The lowest BCUT2D eigenvalue weighted by molar-refractivity contribution is 0.487. The van der Waals surface area contributed by atoms with Gasteiger partial charge in [-0.1, -0.05) is 19.1 Å². The van der Waals surface area contributed by atoms with Gasteiger partial charge in [0.25, 0.3) is 0 Å². The summed E-state index contributed by atoms with van der Waals surface area (Å²) in [5.74, 6) is -1.64. The number of rotatable bonds is 4. The van der Waals surface area contributed by atoms with Crippen molar-refractivity contribution in [1.29, 1.82) is 0 Å². The van der Waals surface area contributed by atoms with E-state index in [1.807, 2.05) is 13.8 Å². The Hall–Kier alpha value is -1.33. The molecular formula is C14H16F2N2S. The van der Waals surface area contributed by atoms with Crippen LogP contribution in [-0.2, 0) is 6.42 Å². The molecule has 0 aliphatic rings. The Morgan fingerprint density at radius 1 is 1.37 bits per heavy atom. The summed E-state index contributed by atoms with van der Waals surface area (Å²) < 4.78 is 27.2. The molecule has 1 N–H and O–H groups in total. The first-order chi connectivity index (χ1) is 9.08. The van der Waals surface area contributed by atoms with Crippen molar-refractivity contribution < 1.29 is 8.78 Å². The van der Waals surface area contributed by atoms with E-state index in [4.69, 9.17) is 0 Å². The van der Waals surface area contributed by atoms with Gasteiger partial charge in [0.05, 0.1) is 11.7 Å². The third-order valence-corrected chi connectivity index (χ3v) is 4.15. The molecule has 0 spiro atoms. The molecule has 0 saturated carbocycles. The van der Waals surface area contributed by atoms with Gasteiger partial charge >= 0.3 is 0 Å². The van der Waals surface area contributed by atoms with Gasteiger partial charge in [-0.25, -0.2) is 13.8 Å². The van der Waals surface area contributed by atoms with Crippen molar-refractivity contribution in [1.82, 2.24) is 10.3 Å². The monoisotopic (exact) mass is 282 g/mol. The average Bonchev–Trinajstić information content (AvgIpc) is 2.76. The van der Waals surface area contributed by atoms with E-state index in [0.29, 0.717) is 5.56 Å². The maximum Gasteiger partial charge on any atom is 0.164 e. The number of nitrogens with one attached hydrogen (secondary N) is 1. The van der Waals surface area contributed by atoms with Crippen molar-refractivity contribution in [2.45, 2.75) is 26.3 Å². The minimum absolute atomic E-state index is 0.291. The van der Waals surface area contributed by atoms with Crippen LogP contribution in [0.15, 0.2) is 18.2 Å². The fraction of sp³-hybridized carbons (Fsp3) is 0.357. The topological polar surface area (TPSA) is 24.9 Å². The first-order valence-electron chi connectivity index (χ1n) is 6.15. The predicted octanol–water partition coefficient (Wildman–Crippen LogP) is 3.60. The second kappa shape index (κ2) is 5.75. The van der Waals surface area contributed by atoms with Crippen LogP contribution in [0, 0.1) is 18.6 Å². The summed E-state index contributed by atoms with van der Waals surface area (Å²) in [5.41, 5.74) is 1.30. The molecule has 2 nitrogen and oxygen atoms in total. The van der Waals surface area contributed by atoms with Gasteiger partial charge in [-0.05, 0) is 26.5 Å². The molecule has 1 unspecified atom stereocenters. The fourth-order valence-corrected chi connectivity index (χ4v) is 3.20. The Kier molecular flexibility index (Phi) is 4.27. The molecular weight excluding hydrogens is 266 g/mol. The van der Waals surface area contributed by atoms with Crippen LogP contribution in [0.1, 0.15) is 34.1 Å². The van der Waals surface area contributed by atoms with Crippen LogP contribution >= 0.6 is 11.3 Å². The molecule has 2 rings (SSSR count). The van der Waals surface area contributed by atoms with Crippen molar-refractivity contribution >= 4 is 11.3 Å². The molecule has 0 fully saturated rings. The zero-order valence-corrected chi connectivity index (χ0v) is 11.9. The van der Waals surface area contributed by atoms with Crippen LogP contribution < -0.4 is 5.32 Å². The Morgan fingerprint density at radius 2 is 2.11 bits per heavy atom. The molecule has 0 radical (unpaired) electrons. The quantitative estimate of drug-likeness (QED) is 0.926. The van der Waals surface area contributed by atoms with Crippen LogP contribution in [0.2, 0.25) is 0 Å². The molecule has 1 atom stereocenters. The Balaban J connectivity index is 2.46. The molecule has 0 aliphatic heterocycles. The van der Waals surface area contributed by atoms with E-state index in [1.165, 1.54) is 17.4 Å². The second-order valence-corrected chi connectivity index (χ2v) is 5.51. The lowest BCUT2D eigenvalue weighted by Gasteiger charge is -2.14. The van der Waals surface area contributed by atoms with E-state index in [-0.39, 0.29) is 0 Å². The maximum atomic E-state index is 13.9. The van der Waals surface area contributed by atoms with Gasteiger partial charge in [0.1, 0.15) is 5.01 Å². The molecule has 0 amide bonds. The van der Waals surface area contributed by atoms with Crippen molar-refractivity contribution in [3.63, 3.8) is 0 Å². The number of hydrogen-bond acceptors (Lipinski definition) is 3. The number of aromatic nitrogens is 1. The second-order valence-electron chi connectivity index (χ2n) is 4.27. The molecule has 1 aromatic carbocycles. The third kappa shape index (κ3) is 2.67. The molecule has 102 valence electrons. The summed E-state index contributed by atoms with van der Waals surface area (Å²) in [6.45, 7) is 4.03. The van der Waals surface area contributed by atoms with E-state index in [0.717, 1.165) is 28.1 Å². The van der Waals surface area contributed by atoms with E-state index in [9.17, 15) is 8.78 Å². The van der Waals surface area contributed by atoms with Crippen molar-refractivity contribution in [2.24, 2.45) is 0 Å². The Labute approximate surface area is 115 Å². The van der Waals surface area contributed by atoms with E-state index in [1.54, 1.807) is 13.1 Å². The molecule has 0 aliphatic carbocycles. The molecule has 5 heteroatoms. The van der Waals surface area contributed by atoms with Gasteiger partial charge < -0.3 is 5.32 Å². The summed E-state index contributed by atoms with van der Waals surface area (Å²) in [4.78, 5) is 5.63. The summed E-state index contributed by atoms with van der Waals surface area (Å²) >= 11 is 1.52. The lowest BCUT2D eigenvalue weighted by Crippen LogP contribution is -2.19. The Bertz CT molecular complexity index is 581. The zero-order chi connectivity index (χ0) is 14.0. The van der Waals surface area contributed by atoms with Gasteiger partial charge in [-0.15, -0.1) is 11.3 Å². The van der Waals surface area contributed by atoms with Gasteiger partial charge in [0.15, 0.2) is 11.6 Å². The minimum Gasteiger partial charge on any atom is -0.307 e. The number of nitrogens with zero attached hydrogens (tertiary/aromatic N) is 1. The normalized spacial score (nSPS) is 12.7. The van der Waals surface area contributed by atoms with Crippen molar-refractivity contribution in [2.75, 3.05) is 7.05 Å². The van der Waals surface area contributed by atoms with Gasteiger partial charge in [0, 0.05) is 10.4 Å². The average molecular weight is 282 g/mol. The van der Waals surface area contributed by atoms with Gasteiger partial charge in [-0.2, -0.15) is 0 Å². The standard InChI is InChI=1S/C14H16F2N2S/c1-4-11-8(2)19-14(18-11)13(17-3)9-6-5-7-10(15)12(9)16/h5-7,13,17H,4H2,1-3H3. The molecule has 1 aromatic heterocycles. The number of hydrogen-bond donors (Lipinski definition) is 1. The van der Waals surface area contributed by atoms with Crippen LogP contribution in [0.4, 0.5) is 8.78 Å². The van der Waals surface area contributed by atoms with Crippen molar-refractivity contribution in [3.05, 3.63) is 51.0 Å². The lowest BCUT2D eigenvalue weighted by atomic mass is 10.1. The molecule has 0 saturated heterocycles. The van der Waals surface area contributed by atoms with Crippen LogP contribution in [0.5, 0.6) is 0 Å². The largest absolute Gasteiger partial charge is 0.307 e. The first kappa shape index (κ1) is 14.1. The van der Waals surface area contributed by atoms with Crippen LogP contribution in [0.25, 0.3) is 0 Å². The number of benzene rings is 1. The highest BCUT2D eigenvalue weighted by atomic mass is 32.1. The van der Waals surface area contributed by atoms with Crippen LogP contribution in [0.3, 0.4) is 0 Å². The molecule has 1 heterocycles. The highest BCUT2D eigenvalue weighted by Gasteiger charge is 2.22. The van der Waals surface area contributed by atoms with E-state index in [2.05, 4.69) is 10.3 Å². The van der Waals surface area contributed by atoms with Gasteiger partial charge in [0.2, 0.25) is 0 Å². The summed E-state index contributed by atoms with van der Waals surface area (Å²) in [7, 11) is 1.72. The van der Waals surface area contributed by atoms with E-state index >= 15 is 0 Å². The smallest absolute Gasteiger partial charge is 0.164 e. The summed E-state index contributed by atoms with van der Waals surface area (Å²) in [5, 5.41) is 3.77. The van der Waals surface area contributed by atoms with Crippen LogP contribution in [-0.4, -0.2) is 12.0 Å².